The fourth-order valence-corrected chi connectivity index (χ4v) is 4.03. The van der Waals surface area contributed by atoms with Gasteiger partial charge in [0.05, 0.1) is 25.3 Å². The highest BCUT2D eigenvalue weighted by Gasteiger charge is 2.15. The van der Waals surface area contributed by atoms with Crippen LogP contribution in [0.5, 0.6) is 5.88 Å². The molecule has 0 amide bonds. The van der Waals surface area contributed by atoms with E-state index in [1.807, 2.05) is 24.5 Å². The summed E-state index contributed by atoms with van der Waals surface area (Å²) in [6.45, 7) is 3.05. The van der Waals surface area contributed by atoms with E-state index in [0.717, 1.165) is 53.9 Å². The molecule has 0 aliphatic carbocycles. The minimum atomic E-state index is 0.649. The van der Waals surface area contributed by atoms with Crippen molar-refractivity contribution >= 4 is 22.4 Å². The van der Waals surface area contributed by atoms with E-state index in [2.05, 4.69) is 63.8 Å². The Labute approximate surface area is 187 Å². The number of fused-ring (bicyclic) bond motifs is 3. The highest BCUT2D eigenvalue weighted by atomic mass is 16.5. The number of hydrogen-bond donors (Lipinski definition) is 0. The van der Waals surface area contributed by atoms with E-state index in [1.54, 1.807) is 0 Å². The van der Waals surface area contributed by atoms with Gasteiger partial charge in [0.1, 0.15) is 5.65 Å². The Bertz CT molecular complexity index is 1260. The van der Waals surface area contributed by atoms with Gasteiger partial charge in [-0.25, -0.2) is 15.0 Å². The largest absolute Gasteiger partial charge is 0.478 e. The smallest absolute Gasteiger partial charge is 0.213 e. The monoisotopic (exact) mass is 429 g/mol. The molecule has 1 aliphatic heterocycles. The summed E-state index contributed by atoms with van der Waals surface area (Å²) in [5.74, 6) is 0.652. The number of ether oxygens (including phenoxy) is 2. The van der Waals surface area contributed by atoms with Gasteiger partial charge in [-0.2, -0.15) is 0 Å². The maximum Gasteiger partial charge on any atom is 0.213 e. The summed E-state index contributed by atoms with van der Waals surface area (Å²) in [5.41, 5.74) is 7.23. The molecule has 5 rings (SSSR count). The third kappa shape index (κ3) is 4.22. The van der Waals surface area contributed by atoms with Gasteiger partial charge in [-0.15, -0.1) is 0 Å². The third-order valence-corrected chi connectivity index (χ3v) is 5.67. The molecule has 0 radical (unpaired) electrons. The van der Waals surface area contributed by atoms with E-state index in [1.165, 1.54) is 11.1 Å². The van der Waals surface area contributed by atoms with Crippen molar-refractivity contribution in [1.82, 2.24) is 24.3 Å². The molecule has 5 heterocycles. The van der Waals surface area contributed by atoms with Crippen molar-refractivity contribution in [2.75, 3.05) is 40.5 Å². The van der Waals surface area contributed by atoms with Crippen LogP contribution in [0.25, 0.3) is 33.5 Å². The third-order valence-electron chi connectivity index (χ3n) is 5.67. The lowest BCUT2D eigenvalue weighted by Gasteiger charge is -2.14. The topological polar surface area (TPSA) is 64.8 Å². The molecule has 0 N–H and O–H groups in total. The molecule has 4 aromatic heterocycles. The van der Waals surface area contributed by atoms with Crippen LogP contribution < -0.4 is 4.74 Å². The Morgan fingerprint density at radius 1 is 1.09 bits per heavy atom. The van der Waals surface area contributed by atoms with E-state index in [4.69, 9.17) is 14.5 Å². The molecular formula is C25H27N5O2. The van der Waals surface area contributed by atoms with Crippen LogP contribution in [0, 0.1) is 0 Å². The lowest BCUT2D eigenvalue weighted by atomic mass is 10.0. The predicted molar refractivity (Wildman–Crippen MR) is 126 cm³/mol. The SMILES string of the molecule is CN(C)CCCOc1ccc(-c2ccc3nc4nccc(C5=CCOCC5)c4n3c2)cn1. The first kappa shape index (κ1) is 20.6. The zero-order chi connectivity index (χ0) is 21.9. The maximum absolute atomic E-state index is 5.77. The van der Waals surface area contributed by atoms with Gasteiger partial charge in [-0.3, -0.25) is 4.40 Å². The molecule has 0 aromatic carbocycles. The molecule has 7 heteroatoms. The normalized spacial score (nSPS) is 14.3. The standard InChI is InChI=1S/C25H27N5O2/c1-29(2)12-3-13-32-23-7-5-19(16-27-23)20-4-6-22-28-25-24(30(22)17-20)21(8-11-26-25)18-9-14-31-15-10-18/h4-9,11,16-17H,3,10,12-15H2,1-2H3. The Morgan fingerprint density at radius 2 is 2.00 bits per heavy atom. The van der Waals surface area contributed by atoms with Crippen LogP contribution in [0.15, 0.2) is 55.0 Å². The Hall–Kier alpha value is -3.29. The first-order chi connectivity index (χ1) is 15.7. The van der Waals surface area contributed by atoms with Gasteiger partial charge in [0.2, 0.25) is 5.88 Å². The molecule has 0 fully saturated rings. The van der Waals surface area contributed by atoms with Crippen molar-refractivity contribution in [3.05, 3.63) is 60.6 Å². The number of pyridine rings is 3. The van der Waals surface area contributed by atoms with Crippen LogP contribution in [-0.2, 0) is 4.74 Å². The molecule has 0 bridgehead atoms. The van der Waals surface area contributed by atoms with Crippen LogP contribution in [-0.4, -0.2) is 64.7 Å². The number of hydrogen-bond acceptors (Lipinski definition) is 6. The van der Waals surface area contributed by atoms with E-state index >= 15 is 0 Å². The number of rotatable bonds is 7. The number of nitrogens with zero attached hydrogens (tertiary/aromatic N) is 5. The summed E-state index contributed by atoms with van der Waals surface area (Å²) in [7, 11) is 4.12. The first-order valence-electron chi connectivity index (χ1n) is 11.0. The summed E-state index contributed by atoms with van der Waals surface area (Å²) >= 11 is 0. The quantitative estimate of drug-likeness (QED) is 0.413. The Kier molecular flexibility index (Phi) is 5.83. The van der Waals surface area contributed by atoms with Crippen LogP contribution in [0.2, 0.25) is 0 Å². The maximum atomic E-state index is 5.77. The van der Waals surface area contributed by atoms with Crippen LogP contribution in [0.4, 0.5) is 0 Å². The Morgan fingerprint density at radius 3 is 2.78 bits per heavy atom. The average Bonchev–Trinajstić information content (AvgIpc) is 3.21. The molecule has 0 saturated heterocycles. The molecule has 0 unspecified atom stereocenters. The molecule has 0 spiro atoms. The van der Waals surface area contributed by atoms with Gasteiger partial charge in [0, 0.05) is 47.9 Å². The molecule has 0 atom stereocenters. The molecule has 1 aliphatic rings. The van der Waals surface area contributed by atoms with Gasteiger partial charge >= 0.3 is 0 Å². The van der Waals surface area contributed by atoms with Crippen LogP contribution in [0.1, 0.15) is 18.4 Å². The second-order valence-corrected chi connectivity index (χ2v) is 8.23. The van der Waals surface area contributed by atoms with E-state index in [9.17, 15) is 0 Å². The van der Waals surface area contributed by atoms with Crippen molar-refractivity contribution in [3.63, 3.8) is 0 Å². The number of imidazole rings is 1. The van der Waals surface area contributed by atoms with Crippen LogP contribution in [0.3, 0.4) is 0 Å². The fourth-order valence-electron chi connectivity index (χ4n) is 4.03. The highest BCUT2D eigenvalue weighted by molar-refractivity contribution is 5.90. The van der Waals surface area contributed by atoms with Crippen LogP contribution >= 0.6 is 0 Å². The van der Waals surface area contributed by atoms with E-state index in [-0.39, 0.29) is 0 Å². The predicted octanol–water partition coefficient (Wildman–Crippen LogP) is 4.08. The van der Waals surface area contributed by atoms with Gasteiger partial charge in [0.15, 0.2) is 5.65 Å². The minimum absolute atomic E-state index is 0.649. The molecule has 164 valence electrons. The van der Waals surface area contributed by atoms with Crippen molar-refractivity contribution in [2.45, 2.75) is 12.8 Å². The van der Waals surface area contributed by atoms with Crippen molar-refractivity contribution in [2.24, 2.45) is 0 Å². The highest BCUT2D eigenvalue weighted by Crippen LogP contribution is 2.30. The minimum Gasteiger partial charge on any atom is -0.478 e. The lowest BCUT2D eigenvalue weighted by molar-refractivity contribution is 0.161. The summed E-state index contributed by atoms with van der Waals surface area (Å²) < 4.78 is 13.4. The van der Waals surface area contributed by atoms with Crippen molar-refractivity contribution < 1.29 is 9.47 Å². The van der Waals surface area contributed by atoms with Gasteiger partial charge in [0.25, 0.3) is 0 Å². The average molecular weight is 430 g/mol. The second-order valence-electron chi connectivity index (χ2n) is 8.23. The van der Waals surface area contributed by atoms with E-state index < -0.39 is 0 Å². The molecule has 7 nitrogen and oxygen atoms in total. The summed E-state index contributed by atoms with van der Waals surface area (Å²) in [6, 6.07) is 10.2. The van der Waals surface area contributed by atoms with E-state index in [0.29, 0.717) is 19.1 Å². The second kappa shape index (κ2) is 9.06. The first-order valence-corrected chi connectivity index (χ1v) is 11.0. The lowest BCUT2D eigenvalue weighted by Crippen LogP contribution is -2.15. The fraction of sp³-hybridized carbons (Fsp3) is 0.320. The summed E-state index contributed by atoms with van der Waals surface area (Å²) in [4.78, 5) is 15.9. The summed E-state index contributed by atoms with van der Waals surface area (Å²) in [6.07, 6.45) is 9.84. The zero-order valence-corrected chi connectivity index (χ0v) is 18.5. The number of aromatic nitrogens is 4. The summed E-state index contributed by atoms with van der Waals surface area (Å²) in [5, 5.41) is 0. The molecule has 4 aromatic rings. The molecule has 32 heavy (non-hydrogen) atoms. The van der Waals surface area contributed by atoms with Gasteiger partial charge in [-0.1, -0.05) is 6.08 Å². The molecular weight excluding hydrogens is 402 g/mol. The van der Waals surface area contributed by atoms with Gasteiger partial charge in [-0.05, 0) is 56.8 Å². The zero-order valence-electron chi connectivity index (χ0n) is 18.5. The molecule has 0 saturated carbocycles. The Balaban J connectivity index is 1.45. The van der Waals surface area contributed by atoms with Gasteiger partial charge < -0.3 is 14.4 Å². The van der Waals surface area contributed by atoms with Crippen molar-refractivity contribution in [3.8, 4) is 17.0 Å². The van der Waals surface area contributed by atoms with Crippen molar-refractivity contribution in [1.29, 1.82) is 0 Å².